The first-order chi connectivity index (χ1) is 16.2. The highest BCUT2D eigenvalue weighted by Crippen LogP contribution is 2.33. The van der Waals surface area contributed by atoms with Crippen LogP contribution in [0.15, 0.2) is 35.9 Å². The van der Waals surface area contributed by atoms with E-state index < -0.39 is 5.82 Å². The van der Waals surface area contributed by atoms with Crippen LogP contribution in [-0.4, -0.2) is 64.6 Å². The molecule has 10 heteroatoms. The highest BCUT2D eigenvalue weighted by molar-refractivity contribution is 7.98. The Hall–Kier alpha value is -2.72. The Kier molecular flexibility index (Phi) is 6.73. The summed E-state index contributed by atoms with van der Waals surface area (Å²) in [6.45, 7) is 3.13. The van der Waals surface area contributed by atoms with Crippen molar-refractivity contribution in [3.05, 3.63) is 36.5 Å². The summed E-state index contributed by atoms with van der Waals surface area (Å²) < 4.78 is 26.1. The number of thioether (sulfide) groups is 1. The summed E-state index contributed by atoms with van der Waals surface area (Å²) in [4.78, 5) is 19.6. The Morgan fingerprint density at radius 3 is 2.67 bits per heavy atom. The molecule has 1 aliphatic carbocycles. The fourth-order valence-corrected chi connectivity index (χ4v) is 4.71. The lowest BCUT2D eigenvalue weighted by atomic mass is 9.93. The number of anilines is 2. The summed E-state index contributed by atoms with van der Waals surface area (Å²) in [5.74, 6) is 0.624. The number of fused-ring (bicyclic) bond motifs is 1. The van der Waals surface area contributed by atoms with Gasteiger partial charge in [0.25, 0.3) is 0 Å². The van der Waals surface area contributed by atoms with Gasteiger partial charge in [-0.25, -0.2) is 19.3 Å². The van der Waals surface area contributed by atoms with E-state index in [-0.39, 0.29) is 18.0 Å². The van der Waals surface area contributed by atoms with Crippen LogP contribution in [-0.2, 0) is 4.74 Å². The molecule has 0 bridgehead atoms. The SMILES string of the molecule is CSc1ncc(F)c(NC2CCC(Oc3cc(N4CCOCC4)cc4nccnc34)CC2)n1. The molecule has 3 aromatic rings. The predicted octanol–water partition coefficient (Wildman–Crippen LogP) is 3.92. The Morgan fingerprint density at radius 2 is 1.88 bits per heavy atom. The molecule has 1 saturated heterocycles. The lowest BCUT2D eigenvalue weighted by Gasteiger charge is -2.31. The van der Waals surface area contributed by atoms with E-state index in [1.807, 2.05) is 6.26 Å². The molecule has 2 fully saturated rings. The number of benzene rings is 1. The van der Waals surface area contributed by atoms with Gasteiger partial charge in [0.05, 0.1) is 31.0 Å². The van der Waals surface area contributed by atoms with Gasteiger partial charge in [0.15, 0.2) is 16.8 Å². The van der Waals surface area contributed by atoms with E-state index in [1.54, 1.807) is 12.4 Å². The monoisotopic (exact) mass is 470 g/mol. The minimum Gasteiger partial charge on any atom is -0.488 e. The van der Waals surface area contributed by atoms with E-state index >= 15 is 0 Å². The molecule has 2 aromatic heterocycles. The molecule has 8 nitrogen and oxygen atoms in total. The van der Waals surface area contributed by atoms with Crippen LogP contribution >= 0.6 is 11.8 Å². The second-order valence-corrected chi connectivity index (χ2v) is 9.03. The molecule has 2 aliphatic rings. The number of morpholine rings is 1. The average Bonchev–Trinajstić information content (AvgIpc) is 2.87. The van der Waals surface area contributed by atoms with Gasteiger partial charge in [-0.3, -0.25) is 4.98 Å². The second-order valence-electron chi connectivity index (χ2n) is 8.26. The first kappa shape index (κ1) is 22.1. The quantitative estimate of drug-likeness (QED) is 0.425. The van der Waals surface area contributed by atoms with E-state index in [2.05, 4.69) is 42.3 Å². The van der Waals surface area contributed by atoms with Gasteiger partial charge in [-0.1, -0.05) is 11.8 Å². The van der Waals surface area contributed by atoms with Gasteiger partial charge in [-0.2, -0.15) is 0 Å². The van der Waals surface area contributed by atoms with E-state index in [9.17, 15) is 4.39 Å². The lowest BCUT2D eigenvalue weighted by Crippen LogP contribution is -2.36. The Bertz CT molecular complexity index is 1110. The molecule has 1 N–H and O–H groups in total. The first-order valence-corrected chi connectivity index (χ1v) is 12.5. The van der Waals surface area contributed by atoms with Gasteiger partial charge >= 0.3 is 0 Å². The number of aromatic nitrogens is 4. The number of halogens is 1. The number of hydrogen-bond donors (Lipinski definition) is 1. The molecule has 0 unspecified atom stereocenters. The Morgan fingerprint density at radius 1 is 1.09 bits per heavy atom. The van der Waals surface area contributed by atoms with Crippen LogP contribution in [0.3, 0.4) is 0 Å². The third-order valence-electron chi connectivity index (χ3n) is 6.11. The number of hydrogen-bond acceptors (Lipinski definition) is 9. The fraction of sp³-hybridized carbons (Fsp3) is 0.478. The predicted molar refractivity (Wildman–Crippen MR) is 127 cm³/mol. The van der Waals surface area contributed by atoms with Crippen LogP contribution in [0.25, 0.3) is 11.0 Å². The van der Waals surface area contributed by atoms with Crippen molar-refractivity contribution in [3.63, 3.8) is 0 Å². The van der Waals surface area contributed by atoms with Gasteiger partial charge in [-0.05, 0) is 38.0 Å². The molecular weight excluding hydrogens is 443 g/mol. The van der Waals surface area contributed by atoms with Crippen LogP contribution in [0.1, 0.15) is 25.7 Å². The van der Waals surface area contributed by atoms with E-state index in [4.69, 9.17) is 9.47 Å². The standard InChI is InChI=1S/C23H27FN6O2S/c1-33-23-27-14-18(24)22(29-23)28-15-2-4-17(5-3-15)32-20-13-16(30-8-10-31-11-9-30)12-19-21(20)26-7-6-25-19/h6-7,12-15,17H,2-5,8-11H2,1H3,(H,27,28,29). The number of nitrogens with zero attached hydrogens (tertiary/aromatic N) is 5. The number of rotatable bonds is 6. The molecule has 1 aliphatic heterocycles. The lowest BCUT2D eigenvalue weighted by molar-refractivity contribution is 0.122. The highest BCUT2D eigenvalue weighted by atomic mass is 32.2. The molecule has 0 atom stereocenters. The molecule has 1 aromatic carbocycles. The zero-order valence-corrected chi connectivity index (χ0v) is 19.4. The zero-order valence-electron chi connectivity index (χ0n) is 18.5. The number of nitrogens with one attached hydrogen (secondary N) is 1. The molecule has 0 spiro atoms. The van der Waals surface area contributed by atoms with Crippen molar-refractivity contribution in [1.29, 1.82) is 0 Å². The third-order valence-corrected chi connectivity index (χ3v) is 6.67. The van der Waals surface area contributed by atoms with E-state index in [1.165, 1.54) is 18.0 Å². The van der Waals surface area contributed by atoms with Gasteiger partial charge in [-0.15, -0.1) is 0 Å². The minimum atomic E-state index is -0.420. The summed E-state index contributed by atoms with van der Waals surface area (Å²) in [5, 5.41) is 3.81. The Labute approximate surface area is 196 Å². The molecule has 0 radical (unpaired) electrons. The third kappa shape index (κ3) is 5.11. The highest BCUT2D eigenvalue weighted by Gasteiger charge is 2.25. The molecule has 5 rings (SSSR count). The van der Waals surface area contributed by atoms with Crippen LogP contribution in [0, 0.1) is 5.82 Å². The van der Waals surface area contributed by atoms with Crippen molar-refractivity contribution in [2.45, 2.75) is 43.0 Å². The number of ether oxygens (including phenoxy) is 2. The molecule has 174 valence electrons. The largest absolute Gasteiger partial charge is 0.488 e. The summed E-state index contributed by atoms with van der Waals surface area (Å²) in [5.41, 5.74) is 2.69. The first-order valence-electron chi connectivity index (χ1n) is 11.3. The summed E-state index contributed by atoms with van der Waals surface area (Å²) in [6, 6.07) is 4.30. The van der Waals surface area contributed by atoms with Crippen molar-refractivity contribution in [3.8, 4) is 5.75 Å². The molecule has 0 amide bonds. The van der Waals surface area contributed by atoms with Crippen molar-refractivity contribution in [2.24, 2.45) is 0 Å². The van der Waals surface area contributed by atoms with Crippen molar-refractivity contribution in [2.75, 3.05) is 42.8 Å². The summed E-state index contributed by atoms with van der Waals surface area (Å²) in [7, 11) is 0. The van der Waals surface area contributed by atoms with Gasteiger partial charge in [0.2, 0.25) is 0 Å². The van der Waals surface area contributed by atoms with Crippen LogP contribution in [0.5, 0.6) is 5.75 Å². The Balaban J connectivity index is 1.27. The van der Waals surface area contributed by atoms with E-state index in [0.29, 0.717) is 5.16 Å². The smallest absolute Gasteiger partial charge is 0.189 e. The van der Waals surface area contributed by atoms with Crippen molar-refractivity contribution in [1.82, 2.24) is 19.9 Å². The van der Waals surface area contributed by atoms with Gasteiger partial charge in [0.1, 0.15) is 11.3 Å². The van der Waals surface area contributed by atoms with Crippen LogP contribution in [0.2, 0.25) is 0 Å². The van der Waals surface area contributed by atoms with Crippen LogP contribution in [0.4, 0.5) is 15.9 Å². The average molecular weight is 471 g/mol. The topological polar surface area (TPSA) is 85.3 Å². The molecular formula is C23H27FN6O2S. The second kappa shape index (κ2) is 10.0. The maximum atomic E-state index is 14.1. The van der Waals surface area contributed by atoms with Gasteiger partial charge in [0, 0.05) is 43.3 Å². The van der Waals surface area contributed by atoms with Crippen molar-refractivity contribution < 1.29 is 13.9 Å². The molecule has 33 heavy (non-hydrogen) atoms. The maximum absolute atomic E-state index is 14.1. The fourth-order valence-electron chi connectivity index (χ4n) is 4.37. The minimum absolute atomic E-state index is 0.0743. The van der Waals surface area contributed by atoms with Crippen LogP contribution < -0.4 is 15.0 Å². The zero-order chi connectivity index (χ0) is 22.6. The molecule has 1 saturated carbocycles. The molecule has 3 heterocycles. The van der Waals surface area contributed by atoms with Gasteiger partial charge < -0.3 is 19.7 Å². The van der Waals surface area contributed by atoms with E-state index in [0.717, 1.165) is 74.5 Å². The summed E-state index contributed by atoms with van der Waals surface area (Å²) >= 11 is 1.40. The maximum Gasteiger partial charge on any atom is 0.189 e. The van der Waals surface area contributed by atoms with Crippen molar-refractivity contribution >= 4 is 34.3 Å². The summed E-state index contributed by atoms with van der Waals surface area (Å²) in [6.07, 6.45) is 10.1. The normalized spacial score (nSPS) is 21.2.